The molecular weight excluding hydrogens is 414 g/mol. The SMILES string of the molecule is Cc1oc2ncn(C)c(=O)c2c1C(=O)OCCOc1ccc(S(=O)(=O)N(C)C)cc1. The Hall–Kier alpha value is -3.18. The van der Waals surface area contributed by atoms with Crippen molar-refractivity contribution >= 4 is 27.1 Å². The van der Waals surface area contributed by atoms with Gasteiger partial charge in [-0.15, -0.1) is 0 Å². The van der Waals surface area contributed by atoms with Crippen LogP contribution in [0.15, 0.2) is 44.7 Å². The first-order chi connectivity index (χ1) is 14.1. The Bertz CT molecular complexity index is 1240. The number of carbonyl (C=O) groups excluding carboxylic acids is 1. The lowest BCUT2D eigenvalue weighted by molar-refractivity contribution is 0.0450. The van der Waals surface area contributed by atoms with Crippen LogP contribution in [-0.2, 0) is 21.8 Å². The highest BCUT2D eigenvalue weighted by Gasteiger charge is 2.23. The second-order valence-electron chi connectivity index (χ2n) is 6.62. The van der Waals surface area contributed by atoms with Crippen LogP contribution in [0.25, 0.3) is 11.1 Å². The molecule has 11 heteroatoms. The van der Waals surface area contributed by atoms with E-state index in [1.165, 1.54) is 56.3 Å². The zero-order chi connectivity index (χ0) is 22.1. The van der Waals surface area contributed by atoms with E-state index >= 15 is 0 Å². The monoisotopic (exact) mass is 435 g/mol. The highest BCUT2D eigenvalue weighted by Crippen LogP contribution is 2.22. The number of nitrogens with zero attached hydrogens (tertiary/aromatic N) is 3. The van der Waals surface area contributed by atoms with Crippen LogP contribution in [0.2, 0.25) is 0 Å². The molecule has 0 aliphatic carbocycles. The molecule has 2 heterocycles. The summed E-state index contributed by atoms with van der Waals surface area (Å²) in [6, 6.07) is 5.89. The average Bonchev–Trinajstić information content (AvgIpc) is 3.05. The number of aryl methyl sites for hydroxylation is 2. The number of hydrogen-bond acceptors (Lipinski definition) is 8. The van der Waals surface area contributed by atoms with Gasteiger partial charge in [0.1, 0.15) is 42.0 Å². The predicted molar refractivity (Wildman–Crippen MR) is 107 cm³/mol. The van der Waals surface area contributed by atoms with Crippen LogP contribution in [-0.4, -0.2) is 55.6 Å². The molecule has 0 saturated carbocycles. The Morgan fingerprint density at radius 3 is 2.50 bits per heavy atom. The third kappa shape index (κ3) is 4.07. The number of benzene rings is 1. The van der Waals surface area contributed by atoms with Crippen molar-refractivity contribution in [2.75, 3.05) is 27.3 Å². The van der Waals surface area contributed by atoms with Crippen LogP contribution in [0.3, 0.4) is 0 Å². The molecule has 0 N–H and O–H groups in total. The summed E-state index contributed by atoms with van der Waals surface area (Å²) in [4.78, 5) is 28.9. The highest BCUT2D eigenvalue weighted by molar-refractivity contribution is 7.89. The van der Waals surface area contributed by atoms with Crippen LogP contribution in [0, 0.1) is 6.92 Å². The predicted octanol–water partition coefficient (Wildman–Crippen LogP) is 1.32. The highest BCUT2D eigenvalue weighted by atomic mass is 32.2. The van der Waals surface area contributed by atoms with Crippen molar-refractivity contribution in [2.24, 2.45) is 7.05 Å². The van der Waals surface area contributed by atoms with Crippen molar-refractivity contribution in [2.45, 2.75) is 11.8 Å². The summed E-state index contributed by atoms with van der Waals surface area (Å²) in [5.41, 5.74) is -0.295. The lowest BCUT2D eigenvalue weighted by Crippen LogP contribution is -2.22. The molecule has 10 nitrogen and oxygen atoms in total. The number of rotatable bonds is 7. The van der Waals surface area contributed by atoms with Crippen LogP contribution in [0.1, 0.15) is 16.1 Å². The summed E-state index contributed by atoms with van der Waals surface area (Å²) >= 11 is 0. The normalized spacial score (nSPS) is 11.8. The molecule has 1 aromatic carbocycles. The van der Waals surface area contributed by atoms with Gasteiger partial charge in [-0.05, 0) is 31.2 Å². The number of fused-ring (bicyclic) bond motifs is 1. The summed E-state index contributed by atoms with van der Waals surface area (Å²) in [7, 11) is 0.905. The van der Waals surface area contributed by atoms with E-state index in [4.69, 9.17) is 13.9 Å². The smallest absolute Gasteiger partial charge is 0.342 e. The number of sulfonamides is 1. The van der Waals surface area contributed by atoms with Crippen LogP contribution in [0.4, 0.5) is 0 Å². The number of hydrogen-bond donors (Lipinski definition) is 0. The minimum Gasteiger partial charge on any atom is -0.490 e. The average molecular weight is 435 g/mol. The van der Waals surface area contributed by atoms with Crippen LogP contribution in [0.5, 0.6) is 5.75 Å². The number of aromatic nitrogens is 2. The Labute approximate surface area is 172 Å². The van der Waals surface area contributed by atoms with Crippen molar-refractivity contribution in [1.29, 1.82) is 0 Å². The van der Waals surface area contributed by atoms with Crippen LogP contribution >= 0.6 is 0 Å². The molecule has 0 bridgehead atoms. The minimum absolute atomic E-state index is 0.0383. The van der Waals surface area contributed by atoms with E-state index in [1.54, 1.807) is 6.92 Å². The molecule has 2 aromatic heterocycles. The van der Waals surface area contributed by atoms with Crippen LogP contribution < -0.4 is 10.3 Å². The maximum Gasteiger partial charge on any atom is 0.342 e. The second-order valence-corrected chi connectivity index (χ2v) is 8.77. The quantitative estimate of drug-likeness (QED) is 0.402. The molecule has 0 spiro atoms. The molecule has 0 unspecified atom stereocenters. The second kappa shape index (κ2) is 8.28. The van der Waals surface area contributed by atoms with Gasteiger partial charge in [-0.2, -0.15) is 0 Å². The van der Waals surface area contributed by atoms with Gasteiger partial charge >= 0.3 is 5.97 Å². The lowest BCUT2D eigenvalue weighted by atomic mass is 10.2. The fourth-order valence-corrected chi connectivity index (χ4v) is 3.62. The standard InChI is InChI=1S/C19H21N3O7S/c1-12-15(16-17(29-12)20-11-22(4)18(16)23)19(24)28-10-9-27-13-5-7-14(8-6-13)30(25,26)21(2)3/h5-8,11H,9-10H2,1-4H3. The first kappa shape index (κ1) is 21.5. The number of furan rings is 1. The Kier molecular flexibility index (Phi) is 5.94. The van der Waals surface area contributed by atoms with E-state index in [9.17, 15) is 18.0 Å². The Morgan fingerprint density at radius 2 is 1.87 bits per heavy atom. The molecule has 0 radical (unpaired) electrons. The summed E-state index contributed by atoms with van der Waals surface area (Å²) in [5, 5.41) is 0.0705. The summed E-state index contributed by atoms with van der Waals surface area (Å²) in [6.07, 6.45) is 1.31. The van der Waals surface area contributed by atoms with Gasteiger partial charge in [0.05, 0.1) is 4.90 Å². The molecule has 0 aliphatic rings. The van der Waals surface area contributed by atoms with E-state index in [-0.39, 0.29) is 40.5 Å². The van der Waals surface area contributed by atoms with Gasteiger partial charge < -0.3 is 18.5 Å². The largest absolute Gasteiger partial charge is 0.490 e. The maximum atomic E-state index is 12.4. The third-order valence-electron chi connectivity index (χ3n) is 4.34. The fourth-order valence-electron chi connectivity index (χ4n) is 2.72. The molecule has 0 fully saturated rings. The van der Waals surface area contributed by atoms with E-state index in [0.717, 1.165) is 4.31 Å². The topological polar surface area (TPSA) is 121 Å². The van der Waals surface area contributed by atoms with Gasteiger partial charge in [0.2, 0.25) is 15.7 Å². The van der Waals surface area contributed by atoms with Gasteiger partial charge in [-0.3, -0.25) is 4.79 Å². The molecule has 3 aromatic rings. The molecular formula is C19H21N3O7S. The Balaban J connectivity index is 1.62. The van der Waals surface area contributed by atoms with E-state index in [2.05, 4.69) is 4.98 Å². The minimum atomic E-state index is -3.52. The Morgan fingerprint density at radius 1 is 1.20 bits per heavy atom. The molecule has 0 aliphatic heterocycles. The van der Waals surface area contributed by atoms with Crippen molar-refractivity contribution < 1.29 is 27.1 Å². The first-order valence-corrected chi connectivity index (χ1v) is 10.3. The van der Waals surface area contributed by atoms with Crippen molar-refractivity contribution in [3.05, 3.63) is 52.3 Å². The molecule has 0 saturated heterocycles. The van der Waals surface area contributed by atoms with Crippen molar-refractivity contribution in [1.82, 2.24) is 13.9 Å². The summed E-state index contributed by atoms with van der Waals surface area (Å²) < 4.78 is 42.5. The van der Waals surface area contributed by atoms with Crippen molar-refractivity contribution in [3.8, 4) is 5.75 Å². The van der Waals surface area contributed by atoms with Gasteiger partial charge in [0.25, 0.3) is 5.56 Å². The van der Waals surface area contributed by atoms with Crippen molar-refractivity contribution in [3.63, 3.8) is 0 Å². The summed E-state index contributed by atoms with van der Waals surface area (Å²) in [5.74, 6) is -0.0523. The maximum absolute atomic E-state index is 12.4. The third-order valence-corrected chi connectivity index (χ3v) is 6.17. The molecule has 0 amide bonds. The van der Waals surface area contributed by atoms with Gasteiger partial charge in [-0.1, -0.05) is 0 Å². The first-order valence-electron chi connectivity index (χ1n) is 8.90. The van der Waals surface area contributed by atoms with Gasteiger partial charge in [-0.25, -0.2) is 22.5 Å². The fraction of sp³-hybridized carbons (Fsp3) is 0.316. The number of esters is 1. The van der Waals surface area contributed by atoms with Gasteiger partial charge in [0, 0.05) is 21.1 Å². The van der Waals surface area contributed by atoms with E-state index in [0.29, 0.717) is 5.75 Å². The zero-order valence-electron chi connectivity index (χ0n) is 16.9. The number of carbonyl (C=O) groups is 1. The van der Waals surface area contributed by atoms with E-state index < -0.39 is 21.6 Å². The zero-order valence-corrected chi connectivity index (χ0v) is 17.7. The molecule has 3 rings (SSSR count). The molecule has 30 heavy (non-hydrogen) atoms. The molecule has 0 atom stereocenters. The van der Waals surface area contributed by atoms with Gasteiger partial charge in [0.15, 0.2) is 0 Å². The summed E-state index contributed by atoms with van der Waals surface area (Å²) in [6.45, 7) is 1.51. The number of ether oxygens (including phenoxy) is 2. The lowest BCUT2D eigenvalue weighted by Gasteiger charge is -2.12. The van der Waals surface area contributed by atoms with E-state index in [1.807, 2.05) is 0 Å². The molecule has 160 valence electrons.